The topological polar surface area (TPSA) is 351 Å². The highest BCUT2D eigenvalue weighted by Crippen LogP contribution is 2.39. The van der Waals surface area contributed by atoms with Gasteiger partial charge in [0.05, 0.1) is 51.1 Å². The van der Waals surface area contributed by atoms with E-state index in [1.807, 2.05) is 0 Å². The quantitative estimate of drug-likeness (QED) is 0.00767. The van der Waals surface area contributed by atoms with Crippen LogP contribution < -0.4 is 15.6 Å². The molecule has 0 radical (unpaired) electrons. The summed E-state index contributed by atoms with van der Waals surface area (Å²) in [7, 11) is -14.0. The van der Waals surface area contributed by atoms with Crippen molar-refractivity contribution < 1.29 is 68.2 Å². The van der Waals surface area contributed by atoms with Crippen LogP contribution in [0.15, 0.2) is 115 Å². The average Bonchev–Trinajstić information content (AvgIpc) is 3.20. The number of sulfone groups is 1. The number of aromatic nitrogens is 3. The average molecular weight is 956 g/mol. The molecule has 0 amide bonds. The molecule has 24 nitrogen and oxygen atoms in total. The lowest BCUT2D eigenvalue weighted by Crippen LogP contribution is -2.21. The second kappa shape index (κ2) is 20.3. The zero-order valence-corrected chi connectivity index (χ0v) is 35.2. The van der Waals surface area contributed by atoms with Crippen molar-refractivity contribution in [2.24, 2.45) is 15.3 Å². The van der Waals surface area contributed by atoms with E-state index in [9.17, 15) is 44.8 Å². The number of hydrogen-bond acceptors (Lipinski definition) is 21. The molecular formula is C33H30ClN9O15S4. The van der Waals surface area contributed by atoms with E-state index in [2.05, 4.69) is 54.6 Å². The summed E-state index contributed by atoms with van der Waals surface area (Å²) >= 11 is 6.78. The van der Waals surface area contributed by atoms with Gasteiger partial charge in [0.2, 0.25) is 23.0 Å². The van der Waals surface area contributed by atoms with Crippen molar-refractivity contribution in [3.63, 3.8) is 0 Å². The van der Waals surface area contributed by atoms with E-state index in [1.54, 1.807) is 37.3 Å². The minimum Gasteiger partial charge on any atom is -0.504 e. The highest BCUT2D eigenvalue weighted by molar-refractivity contribution is 7.94. The number of phenols is 1. The van der Waals surface area contributed by atoms with Crippen LogP contribution in [-0.2, 0) is 43.9 Å². The highest BCUT2D eigenvalue weighted by atomic mass is 35.5. The zero-order chi connectivity index (χ0) is 45.2. The van der Waals surface area contributed by atoms with Gasteiger partial charge in [-0.15, -0.1) is 14.6 Å². The van der Waals surface area contributed by atoms with Crippen molar-refractivity contribution in [2.75, 3.05) is 34.5 Å². The van der Waals surface area contributed by atoms with Crippen LogP contribution in [0.4, 0.5) is 34.6 Å². The summed E-state index contributed by atoms with van der Waals surface area (Å²) in [5.41, 5.74) is 1.76. The van der Waals surface area contributed by atoms with Crippen molar-refractivity contribution in [1.29, 1.82) is 0 Å². The minimum absolute atomic E-state index is 0.0750. The Morgan fingerprint density at radius 3 is 2.31 bits per heavy atom. The Kier molecular flexibility index (Phi) is 15.4. The van der Waals surface area contributed by atoms with Crippen molar-refractivity contribution in [3.05, 3.63) is 101 Å². The van der Waals surface area contributed by atoms with E-state index in [1.165, 1.54) is 47.4 Å². The van der Waals surface area contributed by atoms with Crippen LogP contribution in [-0.4, -0.2) is 95.5 Å². The third-order valence-electron chi connectivity index (χ3n) is 7.78. The highest BCUT2D eigenvalue weighted by Gasteiger charge is 2.23. The van der Waals surface area contributed by atoms with Crippen LogP contribution in [0.2, 0.25) is 5.28 Å². The fraction of sp³-hybridized carbons (Fsp3) is 0.121. The molecule has 328 valence electrons. The number of azo groups is 1. The van der Waals surface area contributed by atoms with Gasteiger partial charge in [-0.25, -0.2) is 22.7 Å². The summed E-state index contributed by atoms with van der Waals surface area (Å²) in [6.45, 7) is 0.884. The third kappa shape index (κ3) is 12.8. The van der Waals surface area contributed by atoms with Gasteiger partial charge in [0.1, 0.15) is 5.69 Å². The first-order valence-electron chi connectivity index (χ1n) is 16.9. The molecule has 5 aromatic rings. The molecule has 0 aliphatic heterocycles. The number of hydrazone groups is 1. The van der Waals surface area contributed by atoms with Gasteiger partial charge in [0.15, 0.2) is 15.6 Å². The maximum atomic E-state index is 12.9. The number of nitrogens with one attached hydrogen (secondary N) is 2. The molecule has 1 heterocycles. The summed E-state index contributed by atoms with van der Waals surface area (Å²) in [6, 6.07) is 18.8. The van der Waals surface area contributed by atoms with Crippen LogP contribution in [0.25, 0.3) is 0 Å². The number of carboxylic acids is 1. The van der Waals surface area contributed by atoms with Crippen LogP contribution in [0.1, 0.15) is 22.8 Å². The van der Waals surface area contributed by atoms with Crippen LogP contribution in [0.3, 0.4) is 0 Å². The van der Waals surface area contributed by atoms with E-state index in [4.69, 9.17) is 21.4 Å². The fourth-order valence-electron chi connectivity index (χ4n) is 5.06. The standard InChI is InChI=1S/C33H30ClN9O15S4/c1-2-43(20-9-6-10-22(15-20)60(48,49)14-13-56-62(53,54)55)33-37-31(34)36-32(38-33)35-26-17-23(61(50,51)52)18-27(28(26)44)40-42-29(19-7-4-3-5-8-19)41-39-25-16-21(59-58-57-47)11-12-24(25)30(45)46/h3-12,15-18,39,44,47H,2,13-14H2,1H3,(H,45,46)(H,50,51,52)(H,53,54,55)(H,35,36,37,38). The van der Waals surface area contributed by atoms with Crippen LogP contribution in [0, 0.1) is 0 Å². The lowest BCUT2D eigenvalue weighted by atomic mass is 10.2. The van der Waals surface area contributed by atoms with E-state index in [0.29, 0.717) is 17.6 Å². The molecular weight excluding hydrogens is 926 g/mol. The predicted molar refractivity (Wildman–Crippen MR) is 220 cm³/mol. The molecule has 0 spiro atoms. The molecule has 0 aliphatic rings. The summed E-state index contributed by atoms with van der Waals surface area (Å²) in [4.78, 5) is 24.9. The fourth-order valence-corrected chi connectivity index (χ4v) is 7.66. The Hall–Kier alpha value is -5.92. The second-order valence-corrected chi connectivity index (χ2v) is 17.6. The van der Waals surface area contributed by atoms with Gasteiger partial charge in [-0.1, -0.05) is 41.4 Å². The Morgan fingerprint density at radius 2 is 1.65 bits per heavy atom. The molecule has 0 fully saturated rings. The summed E-state index contributed by atoms with van der Waals surface area (Å²) in [6.07, 6.45) is 0. The maximum absolute atomic E-state index is 12.9. The number of rotatable bonds is 19. The molecule has 29 heteroatoms. The number of anilines is 5. The minimum atomic E-state index is -4.99. The van der Waals surface area contributed by atoms with Gasteiger partial charge in [-0.05, 0) is 67.1 Å². The number of aromatic carboxylic acids is 1. The normalized spacial score (nSPS) is 12.4. The first kappa shape index (κ1) is 47.1. The Bertz CT molecular complexity index is 2860. The number of hydrogen-bond donors (Lipinski definition) is 7. The lowest BCUT2D eigenvalue weighted by molar-refractivity contribution is -0.432. The monoisotopic (exact) mass is 955 g/mol. The zero-order valence-electron chi connectivity index (χ0n) is 31.2. The first-order valence-corrected chi connectivity index (χ1v) is 22.4. The number of halogens is 1. The Labute approximate surface area is 360 Å². The smallest absolute Gasteiger partial charge is 0.397 e. The molecule has 0 atom stereocenters. The molecule has 62 heavy (non-hydrogen) atoms. The predicted octanol–water partition coefficient (Wildman–Crippen LogP) is 5.66. The first-order chi connectivity index (χ1) is 29.3. The molecule has 0 saturated heterocycles. The van der Waals surface area contributed by atoms with Gasteiger partial charge in [0.25, 0.3) is 10.1 Å². The van der Waals surface area contributed by atoms with Crippen molar-refractivity contribution in [1.82, 2.24) is 15.0 Å². The number of phenolic OH excluding ortho intramolecular Hbond substituents is 1. The van der Waals surface area contributed by atoms with Crippen molar-refractivity contribution >= 4 is 100 Å². The number of carbonyl (C=O) groups is 1. The molecule has 7 N–H and O–H groups in total. The number of aromatic hydroxyl groups is 1. The maximum Gasteiger partial charge on any atom is 0.397 e. The van der Waals surface area contributed by atoms with Gasteiger partial charge in [-0.2, -0.15) is 36.9 Å². The molecule has 4 aromatic carbocycles. The summed E-state index contributed by atoms with van der Waals surface area (Å²) < 4.78 is 99.7. The van der Waals surface area contributed by atoms with Gasteiger partial charge < -0.3 is 20.4 Å². The van der Waals surface area contributed by atoms with Gasteiger partial charge >= 0.3 is 16.4 Å². The number of carboxylic acid groups (broad SMARTS) is 1. The molecule has 0 aliphatic carbocycles. The Balaban J connectivity index is 1.51. The number of nitrogens with zero attached hydrogens (tertiary/aromatic N) is 7. The van der Waals surface area contributed by atoms with E-state index >= 15 is 0 Å². The molecule has 0 unspecified atom stereocenters. The van der Waals surface area contributed by atoms with Gasteiger partial charge in [0, 0.05) is 22.7 Å². The summed E-state index contributed by atoms with van der Waals surface area (Å²) in [5, 5.41) is 47.5. The molecule has 1 aromatic heterocycles. The van der Waals surface area contributed by atoms with Crippen LogP contribution in [0.5, 0.6) is 5.75 Å². The molecule has 0 bridgehead atoms. The van der Waals surface area contributed by atoms with E-state index in [0.717, 1.165) is 12.1 Å². The van der Waals surface area contributed by atoms with Crippen LogP contribution >= 0.6 is 23.6 Å². The Morgan fingerprint density at radius 1 is 0.903 bits per heavy atom. The van der Waals surface area contributed by atoms with Gasteiger partial charge in [-0.3, -0.25) is 14.5 Å². The van der Waals surface area contributed by atoms with E-state index in [-0.39, 0.29) is 45.1 Å². The summed E-state index contributed by atoms with van der Waals surface area (Å²) in [5.74, 6) is -3.70. The van der Waals surface area contributed by atoms with Crippen molar-refractivity contribution in [2.45, 2.75) is 21.6 Å². The SMILES string of the molecule is CCN(c1cccc(S(=O)(=O)CCOS(=O)(=O)O)c1)c1nc(Cl)nc(Nc2cc(S(=O)(=O)O)cc(N=NC(=NNc3cc(SOOO)ccc3C(=O)O)c3ccccc3)c2O)n1. The number of benzene rings is 4. The largest absolute Gasteiger partial charge is 0.504 e. The number of amidine groups is 1. The molecule has 0 saturated carbocycles. The second-order valence-electron chi connectivity index (χ2n) is 11.8. The molecule has 5 rings (SSSR count). The lowest BCUT2D eigenvalue weighted by Gasteiger charge is -2.22. The third-order valence-corrected chi connectivity index (χ3v) is 11.5. The van der Waals surface area contributed by atoms with Crippen molar-refractivity contribution in [3.8, 4) is 5.75 Å². The van der Waals surface area contributed by atoms with E-state index < -0.39 is 81.9 Å².